The number of amides is 1. The fraction of sp³-hybridized carbons (Fsp3) is 0.364. The highest BCUT2D eigenvalue weighted by molar-refractivity contribution is 5.95. The molecule has 1 atom stereocenters. The van der Waals surface area contributed by atoms with E-state index < -0.39 is 0 Å². The molecule has 0 aromatic heterocycles. The molecule has 0 bridgehead atoms. The summed E-state index contributed by atoms with van der Waals surface area (Å²) in [5.41, 5.74) is 2.71. The molecule has 3 rings (SSSR count). The van der Waals surface area contributed by atoms with Gasteiger partial charge in [0.15, 0.2) is 11.5 Å². The van der Waals surface area contributed by atoms with Crippen molar-refractivity contribution in [3.05, 3.63) is 59.2 Å². The number of aryl methyl sites for hydroxylation is 1. The molecule has 1 unspecified atom stereocenters. The molecule has 1 saturated heterocycles. The topological polar surface area (TPSA) is 65.8 Å². The first-order chi connectivity index (χ1) is 13.6. The Morgan fingerprint density at radius 2 is 1.71 bits per heavy atom. The van der Waals surface area contributed by atoms with Gasteiger partial charge >= 0.3 is 0 Å². The molecular weight excluding hydrogens is 354 g/mol. The standard InChI is InChI=1S/C22H25N3O3/c1-16-6-4-5-7-18(16)19(15-23)24-10-12-25(13-11-24)22(26)17-8-9-20(27-2)21(14-17)28-3/h4-9,14,19H,10-13H2,1-3H3. The summed E-state index contributed by atoms with van der Waals surface area (Å²) in [6.45, 7) is 4.50. The van der Waals surface area contributed by atoms with E-state index in [0.717, 1.165) is 11.1 Å². The van der Waals surface area contributed by atoms with E-state index in [1.54, 1.807) is 32.4 Å². The number of carbonyl (C=O) groups is 1. The Bertz CT molecular complexity index is 883. The van der Waals surface area contributed by atoms with Gasteiger partial charge in [0.1, 0.15) is 6.04 Å². The van der Waals surface area contributed by atoms with Gasteiger partial charge in [0, 0.05) is 31.7 Å². The predicted molar refractivity (Wildman–Crippen MR) is 107 cm³/mol. The van der Waals surface area contributed by atoms with Gasteiger partial charge in [-0.25, -0.2) is 0 Å². The Morgan fingerprint density at radius 1 is 1.04 bits per heavy atom. The van der Waals surface area contributed by atoms with Gasteiger partial charge in [-0.2, -0.15) is 5.26 Å². The molecule has 2 aromatic rings. The summed E-state index contributed by atoms with van der Waals surface area (Å²) in [6, 6.07) is 15.3. The first-order valence-corrected chi connectivity index (χ1v) is 9.29. The van der Waals surface area contributed by atoms with Crippen molar-refractivity contribution in [1.29, 1.82) is 5.26 Å². The molecular formula is C22H25N3O3. The van der Waals surface area contributed by atoms with Crippen molar-refractivity contribution in [3.8, 4) is 17.6 Å². The minimum Gasteiger partial charge on any atom is -0.493 e. The highest BCUT2D eigenvalue weighted by Gasteiger charge is 2.28. The van der Waals surface area contributed by atoms with Gasteiger partial charge in [0.25, 0.3) is 5.91 Å². The molecule has 0 saturated carbocycles. The number of piperazine rings is 1. The predicted octanol–water partition coefficient (Wildman–Crippen LogP) is 3.03. The van der Waals surface area contributed by atoms with Crippen LogP contribution < -0.4 is 9.47 Å². The van der Waals surface area contributed by atoms with Crippen molar-refractivity contribution in [2.45, 2.75) is 13.0 Å². The van der Waals surface area contributed by atoms with Crippen LogP contribution in [0.15, 0.2) is 42.5 Å². The van der Waals surface area contributed by atoms with E-state index in [0.29, 0.717) is 43.2 Å². The number of benzene rings is 2. The summed E-state index contributed by atoms with van der Waals surface area (Å²) in [5, 5.41) is 9.72. The average molecular weight is 379 g/mol. The first-order valence-electron chi connectivity index (χ1n) is 9.29. The van der Waals surface area contributed by atoms with Gasteiger partial charge in [-0.05, 0) is 36.2 Å². The Balaban J connectivity index is 1.69. The second-order valence-electron chi connectivity index (χ2n) is 6.79. The van der Waals surface area contributed by atoms with E-state index in [1.165, 1.54) is 0 Å². The summed E-state index contributed by atoms with van der Waals surface area (Å²) < 4.78 is 10.5. The number of hydrogen-bond acceptors (Lipinski definition) is 5. The Hall–Kier alpha value is -3.04. The molecule has 28 heavy (non-hydrogen) atoms. The van der Waals surface area contributed by atoms with Gasteiger partial charge in [-0.1, -0.05) is 24.3 Å². The van der Waals surface area contributed by atoms with Crippen LogP contribution >= 0.6 is 0 Å². The van der Waals surface area contributed by atoms with Gasteiger partial charge in [0.05, 0.1) is 20.3 Å². The minimum atomic E-state index is -0.292. The summed E-state index contributed by atoms with van der Waals surface area (Å²) in [7, 11) is 3.12. The van der Waals surface area contributed by atoms with E-state index >= 15 is 0 Å². The monoisotopic (exact) mass is 379 g/mol. The number of rotatable bonds is 5. The lowest BCUT2D eigenvalue weighted by Crippen LogP contribution is -2.49. The number of nitriles is 1. The zero-order valence-corrected chi connectivity index (χ0v) is 16.5. The summed E-state index contributed by atoms with van der Waals surface area (Å²) >= 11 is 0. The molecule has 2 aromatic carbocycles. The molecule has 0 radical (unpaired) electrons. The maximum atomic E-state index is 12.9. The number of nitrogens with zero attached hydrogens (tertiary/aromatic N) is 3. The quantitative estimate of drug-likeness (QED) is 0.799. The number of hydrogen-bond donors (Lipinski definition) is 0. The zero-order chi connectivity index (χ0) is 20.1. The van der Waals surface area contributed by atoms with E-state index in [1.807, 2.05) is 36.1 Å². The SMILES string of the molecule is COc1ccc(C(=O)N2CCN(C(C#N)c3ccccc3C)CC2)cc1OC. The maximum absolute atomic E-state index is 12.9. The van der Waals surface area contributed by atoms with Crippen LogP contribution in [0.1, 0.15) is 27.5 Å². The van der Waals surface area contributed by atoms with Crippen molar-refractivity contribution >= 4 is 5.91 Å². The third-order valence-corrected chi connectivity index (χ3v) is 5.20. The van der Waals surface area contributed by atoms with Crippen LogP contribution in [0, 0.1) is 18.3 Å². The van der Waals surface area contributed by atoms with Crippen LogP contribution in [0.2, 0.25) is 0 Å². The van der Waals surface area contributed by atoms with Crippen LogP contribution in [-0.4, -0.2) is 56.1 Å². The van der Waals surface area contributed by atoms with Crippen molar-refractivity contribution in [3.63, 3.8) is 0 Å². The molecule has 1 aliphatic rings. The smallest absolute Gasteiger partial charge is 0.254 e. The Morgan fingerprint density at radius 3 is 2.32 bits per heavy atom. The van der Waals surface area contributed by atoms with Crippen LogP contribution in [-0.2, 0) is 0 Å². The molecule has 1 aliphatic heterocycles. The van der Waals surface area contributed by atoms with Crippen molar-refractivity contribution in [2.75, 3.05) is 40.4 Å². The highest BCUT2D eigenvalue weighted by atomic mass is 16.5. The fourth-order valence-corrected chi connectivity index (χ4v) is 3.58. The number of methoxy groups -OCH3 is 2. The highest BCUT2D eigenvalue weighted by Crippen LogP contribution is 2.29. The molecule has 146 valence electrons. The summed E-state index contributed by atoms with van der Waals surface area (Å²) in [4.78, 5) is 16.8. The normalized spacial score (nSPS) is 15.6. The van der Waals surface area contributed by atoms with Crippen LogP contribution in [0.3, 0.4) is 0 Å². The van der Waals surface area contributed by atoms with Crippen molar-refractivity contribution < 1.29 is 14.3 Å². The Labute approximate surface area is 165 Å². The first kappa shape index (κ1) is 19.7. The summed E-state index contributed by atoms with van der Waals surface area (Å²) in [5.74, 6) is 1.10. The maximum Gasteiger partial charge on any atom is 0.254 e. The Kier molecular flexibility index (Phi) is 6.17. The minimum absolute atomic E-state index is 0.0370. The second-order valence-corrected chi connectivity index (χ2v) is 6.79. The van der Waals surface area contributed by atoms with Crippen LogP contribution in [0.4, 0.5) is 0 Å². The molecule has 6 heteroatoms. The lowest BCUT2D eigenvalue weighted by atomic mass is 10.0. The lowest BCUT2D eigenvalue weighted by molar-refractivity contribution is 0.0605. The summed E-state index contributed by atoms with van der Waals surface area (Å²) in [6.07, 6.45) is 0. The molecule has 0 spiro atoms. The van der Waals surface area contributed by atoms with Crippen molar-refractivity contribution in [2.24, 2.45) is 0 Å². The van der Waals surface area contributed by atoms with E-state index in [-0.39, 0.29) is 11.9 Å². The zero-order valence-electron chi connectivity index (χ0n) is 16.5. The van der Waals surface area contributed by atoms with Gasteiger partial charge < -0.3 is 14.4 Å². The van der Waals surface area contributed by atoms with Gasteiger partial charge in [-0.15, -0.1) is 0 Å². The van der Waals surface area contributed by atoms with Gasteiger partial charge in [0.2, 0.25) is 0 Å². The third-order valence-electron chi connectivity index (χ3n) is 5.20. The number of carbonyl (C=O) groups excluding carboxylic acids is 1. The molecule has 1 fully saturated rings. The third kappa shape index (κ3) is 3.95. The number of ether oxygens (including phenoxy) is 2. The second kappa shape index (κ2) is 8.77. The molecule has 0 N–H and O–H groups in total. The van der Waals surface area contributed by atoms with Crippen LogP contribution in [0.5, 0.6) is 11.5 Å². The van der Waals surface area contributed by atoms with E-state index in [4.69, 9.17) is 9.47 Å². The van der Waals surface area contributed by atoms with Crippen molar-refractivity contribution in [1.82, 2.24) is 9.80 Å². The molecule has 0 aliphatic carbocycles. The largest absolute Gasteiger partial charge is 0.493 e. The molecule has 1 heterocycles. The molecule has 1 amide bonds. The molecule has 6 nitrogen and oxygen atoms in total. The fourth-order valence-electron chi connectivity index (χ4n) is 3.58. The lowest BCUT2D eigenvalue weighted by Gasteiger charge is -2.37. The van der Waals surface area contributed by atoms with Gasteiger partial charge in [-0.3, -0.25) is 9.69 Å². The van der Waals surface area contributed by atoms with E-state index in [9.17, 15) is 10.1 Å². The van der Waals surface area contributed by atoms with Crippen LogP contribution in [0.25, 0.3) is 0 Å². The average Bonchev–Trinajstić information content (AvgIpc) is 2.75. The van der Waals surface area contributed by atoms with E-state index in [2.05, 4.69) is 11.0 Å².